The molecule has 3 aliphatic rings. The summed E-state index contributed by atoms with van der Waals surface area (Å²) in [6.07, 6.45) is 5.48. The molecule has 1 spiro atoms. The standard InChI is InChI=1S/C22H32N2O4/c25-20-3-1-8-22(20)9-2-10-23(17-22)15-18-4-6-19(7-5-18)28-16-21(26)24-11-13-27-14-12-24/h4-7,20,25H,1-3,8-17H2/t20-,22+/m1/s1. The van der Waals surface area contributed by atoms with Crippen molar-refractivity contribution in [2.75, 3.05) is 46.0 Å². The van der Waals surface area contributed by atoms with Crippen molar-refractivity contribution in [3.05, 3.63) is 29.8 Å². The molecule has 154 valence electrons. The molecule has 3 fully saturated rings. The zero-order chi connectivity index (χ0) is 19.4. The number of carbonyl (C=O) groups excluding carboxylic acids is 1. The van der Waals surface area contributed by atoms with Gasteiger partial charge >= 0.3 is 0 Å². The minimum Gasteiger partial charge on any atom is -0.484 e. The van der Waals surface area contributed by atoms with Gasteiger partial charge in [0.05, 0.1) is 19.3 Å². The van der Waals surface area contributed by atoms with Crippen molar-refractivity contribution >= 4 is 5.91 Å². The summed E-state index contributed by atoms with van der Waals surface area (Å²) >= 11 is 0. The number of nitrogens with zero attached hydrogens (tertiary/aromatic N) is 2. The van der Waals surface area contributed by atoms with Crippen molar-refractivity contribution in [3.8, 4) is 5.75 Å². The molecule has 1 aromatic carbocycles. The Kier molecular flexibility index (Phi) is 6.19. The zero-order valence-electron chi connectivity index (χ0n) is 16.6. The Hall–Kier alpha value is -1.63. The first-order valence-corrected chi connectivity index (χ1v) is 10.6. The lowest BCUT2D eigenvalue weighted by molar-refractivity contribution is -0.137. The maximum atomic E-state index is 12.2. The minimum atomic E-state index is -0.130. The molecule has 0 aromatic heterocycles. The first kappa shape index (κ1) is 19.7. The number of ether oxygens (including phenoxy) is 2. The summed E-state index contributed by atoms with van der Waals surface area (Å²) in [4.78, 5) is 16.4. The maximum Gasteiger partial charge on any atom is 0.260 e. The van der Waals surface area contributed by atoms with Gasteiger partial charge in [-0.25, -0.2) is 0 Å². The van der Waals surface area contributed by atoms with Gasteiger partial charge in [-0.05, 0) is 49.9 Å². The van der Waals surface area contributed by atoms with Crippen molar-refractivity contribution in [1.82, 2.24) is 9.80 Å². The van der Waals surface area contributed by atoms with E-state index in [0.29, 0.717) is 26.3 Å². The second-order valence-corrected chi connectivity index (χ2v) is 8.51. The first-order chi connectivity index (χ1) is 13.6. The van der Waals surface area contributed by atoms with Crippen molar-refractivity contribution in [1.29, 1.82) is 0 Å². The lowest BCUT2D eigenvalue weighted by atomic mass is 9.76. The van der Waals surface area contributed by atoms with Crippen molar-refractivity contribution in [3.63, 3.8) is 0 Å². The second kappa shape index (κ2) is 8.80. The molecule has 1 saturated carbocycles. The van der Waals surface area contributed by atoms with Crippen LogP contribution in [0, 0.1) is 5.41 Å². The minimum absolute atomic E-state index is 0.0149. The number of hydrogen-bond donors (Lipinski definition) is 1. The molecule has 1 N–H and O–H groups in total. The summed E-state index contributed by atoms with van der Waals surface area (Å²) in [7, 11) is 0. The third-order valence-electron chi connectivity index (χ3n) is 6.60. The van der Waals surface area contributed by atoms with Gasteiger partial charge in [0.1, 0.15) is 5.75 Å². The van der Waals surface area contributed by atoms with Gasteiger partial charge in [0, 0.05) is 31.6 Å². The Morgan fingerprint density at radius 3 is 2.61 bits per heavy atom. The van der Waals surface area contributed by atoms with Crippen LogP contribution in [-0.4, -0.2) is 72.9 Å². The van der Waals surface area contributed by atoms with E-state index in [4.69, 9.17) is 9.47 Å². The summed E-state index contributed by atoms with van der Waals surface area (Å²) in [5.41, 5.74) is 1.37. The monoisotopic (exact) mass is 388 g/mol. The van der Waals surface area contributed by atoms with Crippen LogP contribution in [0.3, 0.4) is 0 Å². The Balaban J connectivity index is 1.27. The van der Waals surface area contributed by atoms with Crippen LogP contribution in [0.25, 0.3) is 0 Å². The van der Waals surface area contributed by atoms with Gasteiger partial charge in [-0.15, -0.1) is 0 Å². The number of amides is 1. The van der Waals surface area contributed by atoms with E-state index in [1.165, 1.54) is 12.0 Å². The molecule has 6 nitrogen and oxygen atoms in total. The number of hydrogen-bond acceptors (Lipinski definition) is 5. The fraction of sp³-hybridized carbons (Fsp3) is 0.682. The molecule has 0 bridgehead atoms. The largest absolute Gasteiger partial charge is 0.484 e. The van der Waals surface area contributed by atoms with E-state index >= 15 is 0 Å². The number of carbonyl (C=O) groups is 1. The lowest BCUT2D eigenvalue weighted by Crippen LogP contribution is -2.46. The molecule has 2 atom stereocenters. The number of morpholine rings is 1. The normalized spacial score (nSPS) is 28.6. The first-order valence-electron chi connectivity index (χ1n) is 10.6. The van der Waals surface area contributed by atoms with Crippen molar-refractivity contribution < 1.29 is 19.4 Å². The van der Waals surface area contributed by atoms with Crippen LogP contribution >= 0.6 is 0 Å². The van der Waals surface area contributed by atoms with Gasteiger partial charge in [0.25, 0.3) is 5.91 Å². The molecule has 2 aliphatic heterocycles. The van der Waals surface area contributed by atoms with Crippen LogP contribution in [0.2, 0.25) is 0 Å². The van der Waals surface area contributed by atoms with Gasteiger partial charge in [-0.3, -0.25) is 9.69 Å². The molecule has 6 heteroatoms. The highest BCUT2D eigenvalue weighted by molar-refractivity contribution is 5.77. The Morgan fingerprint density at radius 1 is 1.14 bits per heavy atom. The molecule has 4 rings (SSSR count). The Bertz CT molecular complexity index is 659. The SMILES string of the molecule is O=C(COc1ccc(CN2CCC[C@@]3(CCC[C@H]3O)C2)cc1)N1CCOCC1. The van der Waals surface area contributed by atoms with Crippen LogP contribution in [0.4, 0.5) is 0 Å². The molecular weight excluding hydrogens is 356 g/mol. The topological polar surface area (TPSA) is 62.2 Å². The predicted octanol–water partition coefficient (Wildman–Crippen LogP) is 2.05. The molecule has 1 aromatic rings. The van der Waals surface area contributed by atoms with E-state index in [9.17, 15) is 9.90 Å². The second-order valence-electron chi connectivity index (χ2n) is 8.51. The Morgan fingerprint density at radius 2 is 1.89 bits per heavy atom. The highest BCUT2D eigenvalue weighted by atomic mass is 16.5. The summed E-state index contributed by atoms with van der Waals surface area (Å²) in [6, 6.07) is 8.07. The van der Waals surface area contributed by atoms with E-state index in [0.717, 1.165) is 51.1 Å². The van der Waals surface area contributed by atoms with Crippen LogP contribution < -0.4 is 4.74 Å². The smallest absolute Gasteiger partial charge is 0.260 e. The Labute approximate surface area is 167 Å². The molecule has 0 unspecified atom stereocenters. The number of piperidine rings is 1. The average molecular weight is 389 g/mol. The molecule has 1 amide bonds. The van der Waals surface area contributed by atoms with Gasteiger partial charge in [-0.1, -0.05) is 18.6 Å². The van der Waals surface area contributed by atoms with E-state index < -0.39 is 0 Å². The van der Waals surface area contributed by atoms with Crippen molar-refractivity contribution in [2.45, 2.75) is 44.8 Å². The predicted molar refractivity (Wildman–Crippen MR) is 106 cm³/mol. The number of rotatable bonds is 5. The van der Waals surface area contributed by atoms with Gasteiger partial charge < -0.3 is 19.5 Å². The zero-order valence-corrected chi connectivity index (χ0v) is 16.6. The van der Waals surface area contributed by atoms with Gasteiger partial charge in [-0.2, -0.15) is 0 Å². The number of likely N-dealkylation sites (tertiary alicyclic amines) is 1. The van der Waals surface area contributed by atoms with Crippen LogP contribution in [0.15, 0.2) is 24.3 Å². The van der Waals surface area contributed by atoms with Crippen LogP contribution in [-0.2, 0) is 16.1 Å². The number of aliphatic hydroxyl groups is 1. The number of benzene rings is 1. The fourth-order valence-corrected chi connectivity index (χ4v) is 4.99. The third kappa shape index (κ3) is 4.50. The molecular formula is C22H32N2O4. The fourth-order valence-electron chi connectivity index (χ4n) is 4.99. The van der Waals surface area contributed by atoms with Crippen LogP contribution in [0.1, 0.15) is 37.7 Å². The van der Waals surface area contributed by atoms with E-state index in [1.807, 2.05) is 12.1 Å². The summed E-state index contributed by atoms with van der Waals surface area (Å²) in [6.45, 7) is 5.58. The molecule has 2 saturated heterocycles. The summed E-state index contributed by atoms with van der Waals surface area (Å²) in [5, 5.41) is 10.4. The average Bonchev–Trinajstić information content (AvgIpc) is 3.07. The van der Waals surface area contributed by atoms with E-state index in [1.54, 1.807) is 4.90 Å². The summed E-state index contributed by atoms with van der Waals surface area (Å²) in [5.74, 6) is 0.743. The van der Waals surface area contributed by atoms with E-state index in [2.05, 4.69) is 17.0 Å². The van der Waals surface area contributed by atoms with Crippen molar-refractivity contribution in [2.24, 2.45) is 5.41 Å². The number of aliphatic hydroxyl groups excluding tert-OH is 1. The molecule has 2 heterocycles. The highest BCUT2D eigenvalue weighted by Gasteiger charge is 2.44. The van der Waals surface area contributed by atoms with E-state index in [-0.39, 0.29) is 24.0 Å². The molecule has 28 heavy (non-hydrogen) atoms. The quantitative estimate of drug-likeness (QED) is 0.837. The molecule has 0 radical (unpaired) electrons. The summed E-state index contributed by atoms with van der Waals surface area (Å²) < 4.78 is 10.9. The van der Waals surface area contributed by atoms with Crippen LogP contribution in [0.5, 0.6) is 5.75 Å². The third-order valence-corrected chi connectivity index (χ3v) is 6.60. The van der Waals surface area contributed by atoms with Gasteiger partial charge in [0.2, 0.25) is 0 Å². The molecule has 1 aliphatic carbocycles. The highest BCUT2D eigenvalue weighted by Crippen LogP contribution is 2.45. The maximum absolute atomic E-state index is 12.2. The van der Waals surface area contributed by atoms with Gasteiger partial charge in [0.15, 0.2) is 6.61 Å². The lowest BCUT2D eigenvalue weighted by Gasteiger charge is -2.42.